The van der Waals surface area contributed by atoms with Gasteiger partial charge in [0.15, 0.2) is 4.90 Å². The first-order chi connectivity index (χ1) is 13.2. The van der Waals surface area contributed by atoms with E-state index in [4.69, 9.17) is 0 Å². The number of aromatic nitrogens is 2. The molecule has 1 aromatic carbocycles. The van der Waals surface area contributed by atoms with Crippen LogP contribution in [0.1, 0.15) is 18.5 Å². The highest BCUT2D eigenvalue weighted by Crippen LogP contribution is 2.24. The van der Waals surface area contributed by atoms with Crippen molar-refractivity contribution in [1.29, 1.82) is 0 Å². The van der Waals surface area contributed by atoms with Crippen molar-refractivity contribution in [2.75, 3.05) is 18.4 Å². The van der Waals surface area contributed by atoms with Crippen LogP contribution < -0.4 is 16.6 Å². The van der Waals surface area contributed by atoms with Crippen LogP contribution in [0.15, 0.2) is 43.2 Å². The topological polar surface area (TPSA) is 132 Å². The van der Waals surface area contributed by atoms with Crippen molar-refractivity contribution in [2.24, 2.45) is 5.92 Å². The molecule has 1 saturated heterocycles. The number of aryl methyl sites for hydroxylation is 1. The molecule has 3 rings (SSSR count). The number of benzene rings is 1. The van der Waals surface area contributed by atoms with E-state index < -0.39 is 32.1 Å². The lowest BCUT2D eigenvalue weighted by Crippen LogP contribution is -2.45. The Hall–Kier alpha value is -2.24. The third kappa shape index (κ3) is 4.26. The molecule has 9 nitrogen and oxygen atoms in total. The largest absolute Gasteiger partial charge is 0.326 e. The second-order valence-corrected chi connectivity index (χ2v) is 9.35. The van der Waals surface area contributed by atoms with Crippen LogP contribution >= 0.6 is 15.9 Å². The number of rotatable bonds is 4. The minimum atomic E-state index is -4.15. The summed E-state index contributed by atoms with van der Waals surface area (Å²) in [5.74, 6) is -0.838. The molecule has 0 bridgehead atoms. The SMILES string of the molecule is Cc1[nH]c(=O)[nH]c(=O)c1S(=O)(=O)N1CCCC(C(=O)Nc2cccc(Br)c2)C1. The summed E-state index contributed by atoms with van der Waals surface area (Å²) in [5.41, 5.74) is -1.17. The molecule has 0 aliphatic carbocycles. The number of aromatic amines is 2. The van der Waals surface area contributed by atoms with Gasteiger partial charge in [-0.3, -0.25) is 14.6 Å². The number of hydrogen-bond donors (Lipinski definition) is 3. The van der Waals surface area contributed by atoms with Gasteiger partial charge in [-0.1, -0.05) is 22.0 Å². The van der Waals surface area contributed by atoms with Gasteiger partial charge in [0, 0.05) is 28.9 Å². The number of nitrogens with zero attached hydrogens (tertiary/aromatic N) is 1. The van der Waals surface area contributed by atoms with Gasteiger partial charge in [-0.15, -0.1) is 0 Å². The molecule has 2 heterocycles. The van der Waals surface area contributed by atoms with Crippen molar-refractivity contribution in [3.8, 4) is 0 Å². The third-order valence-electron chi connectivity index (χ3n) is 4.52. The molecule has 1 aromatic heterocycles. The van der Waals surface area contributed by atoms with Gasteiger partial charge in [0.05, 0.1) is 5.92 Å². The molecular formula is C17H19BrN4O5S. The van der Waals surface area contributed by atoms with Gasteiger partial charge in [-0.05, 0) is 38.0 Å². The molecule has 2 aromatic rings. The van der Waals surface area contributed by atoms with Crippen LogP contribution in [0.25, 0.3) is 0 Å². The Morgan fingerprint density at radius 1 is 1.29 bits per heavy atom. The minimum absolute atomic E-state index is 0.0329. The van der Waals surface area contributed by atoms with Gasteiger partial charge in [0.25, 0.3) is 5.56 Å². The van der Waals surface area contributed by atoms with Crippen LogP contribution in [0, 0.1) is 12.8 Å². The van der Waals surface area contributed by atoms with Crippen LogP contribution in [0.2, 0.25) is 0 Å². The third-order valence-corrected chi connectivity index (χ3v) is 7.03. The highest BCUT2D eigenvalue weighted by molar-refractivity contribution is 9.10. The van der Waals surface area contributed by atoms with Crippen LogP contribution in [0.5, 0.6) is 0 Å². The molecule has 1 unspecified atom stereocenters. The predicted octanol–water partition coefficient (Wildman–Crippen LogP) is 1.17. The molecule has 1 aliphatic heterocycles. The van der Waals surface area contributed by atoms with Gasteiger partial charge < -0.3 is 10.3 Å². The van der Waals surface area contributed by atoms with Gasteiger partial charge in [-0.25, -0.2) is 13.2 Å². The van der Waals surface area contributed by atoms with E-state index in [9.17, 15) is 22.8 Å². The van der Waals surface area contributed by atoms with E-state index in [1.807, 2.05) is 11.1 Å². The maximum Gasteiger partial charge on any atom is 0.325 e. The van der Waals surface area contributed by atoms with Crippen molar-refractivity contribution >= 4 is 37.5 Å². The average Bonchev–Trinajstić information content (AvgIpc) is 2.60. The van der Waals surface area contributed by atoms with Crippen LogP contribution in [0.4, 0.5) is 5.69 Å². The van der Waals surface area contributed by atoms with Gasteiger partial charge in [-0.2, -0.15) is 4.31 Å². The van der Waals surface area contributed by atoms with Crippen molar-refractivity contribution in [3.63, 3.8) is 0 Å². The first-order valence-corrected chi connectivity index (χ1v) is 10.8. The van der Waals surface area contributed by atoms with Gasteiger partial charge in [0.1, 0.15) is 0 Å². The van der Waals surface area contributed by atoms with Crippen LogP contribution in [0.3, 0.4) is 0 Å². The second-order valence-electron chi connectivity index (χ2n) is 6.56. The molecule has 150 valence electrons. The first-order valence-electron chi connectivity index (χ1n) is 8.58. The maximum atomic E-state index is 13.0. The summed E-state index contributed by atoms with van der Waals surface area (Å²) >= 11 is 3.33. The number of sulfonamides is 1. The maximum absolute atomic E-state index is 13.0. The second kappa shape index (κ2) is 8.02. The number of carbonyl (C=O) groups is 1. The van der Waals surface area contributed by atoms with Crippen LogP contribution in [-0.2, 0) is 14.8 Å². The quantitative estimate of drug-likeness (QED) is 0.616. The van der Waals surface area contributed by atoms with E-state index in [-0.39, 0.29) is 24.7 Å². The fourth-order valence-electron chi connectivity index (χ4n) is 3.21. The first kappa shape index (κ1) is 20.5. The van der Waals surface area contributed by atoms with Crippen LogP contribution in [-0.4, -0.2) is 41.7 Å². The normalized spacial score (nSPS) is 18.0. The van der Waals surface area contributed by atoms with E-state index >= 15 is 0 Å². The average molecular weight is 471 g/mol. The minimum Gasteiger partial charge on any atom is -0.326 e. The molecule has 0 spiro atoms. The Balaban J connectivity index is 1.82. The van der Waals surface area contributed by atoms with E-state index in [0.29, 0.717) is 18.5 Å². The van der Waals surface area contributed by atoms with E-state index in [1.165, 1.54) is 6.92 Å². The summed E-state index contributed by atoms with van der Waals surface area (Å²) in [6.07, 6.45) is 1.02. The standard InChI is InChI=1S/C17H19BrN4O5S/c1-10-14(16(24)21-17(25)19-10)28(26,27)22-7-3-4-11(9-22)15(23)20-13-6-2-5-12(18)8-13/h2,5-6,8,11H,3-4,7,9H2,1H3,(H,20,23)(H2,19,21,24,25). The number of piperidine rings is 1. The summed E-state index contributed by atoms with van der Waals surface area (Å²) in [4.78, 5) is 39.7. The van der Waals surface area contributed by atoms with Gasteiger partial charge >= 0.3 is 5.69 Å². The van der Waals surface area contributed by atoms with E-state index in [2.05, 4.69) is 26.2 Å². The lowest BCUT2D eigenvalue weighted by molar-refractivity contribution is -0.120. The zero-order valence-electron chi connectivity index (χ0n) is 15.0. The zero-order chi connectivity index (χ0) is 20.5. The number of nitrogens with one attached hydrogen (secondary N) is 3. The molecule has 1 fully saturated rings. The molecule has 1 amide bonds. The number of anilines is 1. The van der Waals surface area contributed by atoms with Crippen molar-refractivity contribution in [3.05, 3.63) is 55.3 Å². The summed E-state index contributed by atoms with van der Waals surface area (Å²) in [5, 5.41) is 2.79. The summed E-state index contributed by atoms with van der Waals surface area (Å²) in [6, 6.07) is 7.10. The fraction of sp³-hybridized carbons (Fsp3) is 0.353. The Morgan fingerprint density at radius 2 is 2.04 bits per heavy atom. The number of amides is 1. The number of hydrogen-bond acceptors (Lipinski definition) is 5. The zero-order valence-corrected chi connectivity index (χ0v) is 17.4. The Bertz CT molecular complexity index is 1120. The van der Waals surface area contributed by atoms with Gasteiger partial charge in [0.2, 0.25) is 15.9 Å². The molecule has 0 radical (unpaired) electrons. The number of carbonyl (C=O) groups excluding carboxylic acids is 1. The Labute approximate surface area is 169 Å². The molecule has 3 N–H and O–H groups in total. The molecule has 28 heavy (non-hydrogen) atoms. The highest BCUT2D eigenvalue weighted by Gasteiger charge is 2.35. The highest BCUT2D eigenvalue weighted by atomic mass is 79.9. The predicted molar refractivity (Wildman–Crippen MR) is 107 cm³/mol. The molecular weight excluding hydrogens is 452 g/mol. The molecule has 1 aliphatic rings. The lowest BCUT2D eigenvalue weighted by atomic mass is 9.99. The van der Waals surface area contributed by atoms with E-state index in [1.54, 1.807) is 18.2 Å². The Morgan fingerprint density at radius 3 is 2.71 bits per heavy atom. The smallest absolute Gasteiger partial charge is 0.325 e. The molecule has 1 atom stereocenters. The van der Waals surface area contributed by atoms with Crippen molar-refractivity contribution < 1.29 is 13.2 Å². The Kier molecular flexibility index (Phi) is 5.87. The summed E-state index contributed by atoms with van der Waals surface area (Å²) in [6.45, 7) is 1.51. The number of halogens is 1. The number of H-pyrrole nitrogens is 2. The monoisotopic (exact) mass is 470 g/mol. The van der Waals surface area contributed by atoms with Crippen molar-refractivity contribution in [2.45, 2.75) is 24.7 Å². The molecule has 0 saturated carbocycles. The lowest BCUT2D eigenvalue weighted by Gasteiger charge is -2.31. The van der Waals surface area contributed by atoms with Crippen molar-refractivity contribution in [1.82, 2.24) is 14.3 Å². The fourth-order valence-corrected chi connectivity index (χ4v) is 5.34. The van der Waals surface area contributed by atoms with E-state index in [0.717, 1.165) is 8.78 Å². The summed E-state index contributed by atoms with van der Waals surface area (Å²) in [7, 11) is -4.15. The molecule has 11 heteroatoms. The summed E-state index contributed by atoms with van der Waals surface area (Å²) < 4.78 is 27.8.